The standard InChI is InChI=1S/C10H9NO3/c12-10(13)9(8-4-3-7-14-8)11-5-1-2-6-11/h1-7,9H,(H,12,13). The summed E-state index contributed by atoms with van der Waals surface area (Å²) in [6.45, 7) is 0. The zero-order chi connectivity index (χ0) is 9.97. The van der Waals surface area contributed by atoms with Crippen molar-refractivity contribution < 1.29 is 14.3 Å². The van der Waals surface area contributed by atoms with E-state index < -0.39 is 12.0 Å². The van der Waals surface area contributed by atoms with Gasteiger partial charge in [-0.1, -0.05) is 0 Å². The third kappa shape index (κ3) is 1.42. The number of nitrogens with zero attached hydrogens (tertiary/aromatic N) is 1. The molecular formula is C10H9NO3. The van der Waals surface area contributed by atoms with Gasteiger partial charge in [-0.25, -0.2) is 4.79 Å². The Morgan fingerprint density at radius 1 is 1.36 bits per heavy atom. The van der Waals surface area contributed by atoms with Crippen LogP contribution in [0.3, 0.4) is 0 Å². The molecule has 1 N–H and O–H groups in total. The Hall–Kier alpha value is -1.97. The molecule has 0 spiro atoms. The Balaban J connectivity index is 2.40. The van der Waals surface area contributed by atoms with Crippen molar-refractivity contribution in [1.82, 2.24) is 4.57 Å². The van der Waals surface area contributed by atoms with E-state index in [2.05, 4.69) is 0 Å². The predicted octanol–water partition coefficient (Wildman–Crippen LogP) is 1.76. The van der Waals surface area contributed by atoms with Gasteiger partial charge in [-0.05, 0) is 24.3 Å². The van der Waals surface area contributed by atoms with Gasteiger partial charge in [-0.15, -0.1) is 0 Å². The summed E-state index contributed by atoms with van der Waals surface area (Å²) in [6, 6.07) is 6.10. The first-order chi connectivity index (χ1) is 6.79. The summed E-state index contributed by atoms with van der Waals surface area (Å²) in [5.74, 6) is -0.509. The summed E-state index contributed by atoms with van der Waals surface area (Å²) in [6.07, 6.45) is 4.86. The third-order valence-corrected chi connectivity index (χ3v) is 1.97. The van der Waals surface area contributed by atoms with Crippen molar-refractivity contribution in [2.24, 2.45) is 0 Å². The minimum Gasteiger partial charge on any atom is -0.479 e. The lowest BCUT2D eigenvalue weighted by Crippen LogP contribution is -2.18. The Bertz CT molecular complexity index is 368. The van der Waals surface area contributed by atoms with Gasteiger partial charge in [0, 0.05) is 12.4 Å². The molecule has 2 rings (SSSR count). The van der Waals surface area contributed by atoms with Crippen molar-refractivity contribution in [3.8, 4) is 0 Å². The van der Waals surface area contributed by atoms with E-state index in [1.165, 1.54) is 6.26 Å². The molecule has 2 aromatic rings. The molecule has 72 valence electrons. The van der Waals surface area contributed by atoms with Crippen LogP contribution >= 0.6 is 0 Å². The minimum atomic E-state index is -0.934. The molecule has 2 heterocycles. The van der Waals surface area contributed by atoms with Crippen molar-refractivity contribution in [2.75, 3.05) is 0 Å². The van der Waals surface area contributed by atoms with Crippen LogP contribution in [-0.2, 0) is 4.79 Å². The highest BCUT2D eigenvalue weighted by Crippen LogP contribution is 2.18. The van der Waals surface area contributed by atoms with Gasteiger partial charge in [0.1, 0.15) is 5.76 Å². The molecule has 0 bridgehead atoms. The third-order valence-electron chi connectivity index (χ3n) is 1.97. The second-order valence-corrected chi connectivity index (χ2v) is 2.89. The summed E-state index contributed by atoms with van der Waals surface area (Å²) in [7, 11) is 0. The molecule has 0 aliphatic carbocycles. The summed E-state index contributed by atoms with van der Waals surface area (Å²) in [5, 5.41) is 9.04. The summed E-state index contributed by atoms with van der Waals surface area (Å²) < 4.78 is 6.66. The predicted molar refractivity (Wildman–Crippen MR) is 48.9 cm³/mol. The number of carboxylic acids is 1. The minimum absolute atomic E-state index is 0.425. The van der Waals surface area contributed by atoms with E-state index in [0.29, 0.717) is 5.76 Å². The average Bonchev–Trinajstić information content (AvgIpc) is 2.75. The lowest BCUT2D eigenvalue weighted by Gasteiger charge is -2.10. The fourth-order valence-electron chi connectivity index (χ4n) is 1.36. The SMILES string of the molecule is O=C(O)C(c1ccco1)n1cccc1. The van der Waals surface area contributed by atoms with E-state index in [0.717, 1.165) is 0 Å². The highest BCUT2D eigenvalue weighted by atomic mass is 16.4. The highest BCUT2D eigenvalue weighted by molar-refractivity contribution is 5.75. The van der Waals surface area contributed by atoms with Gasteiger partial charge in [0.15, 0.2) is 6.04 Å². The van der Waals surface area contributed by atoms with E-state index >= 15 is 0 Å². The summed E-state index contributed by atoms with van der Waals surface area (Å²) >= 11 is 0. The lowest BCUT2D eigenvalue weighted by molar-refractivity contribution is -0.140. The molecule has 1 atom stereocenters. The smallest absolute Gasteiger partial charge is 0.334 e. The monoisotopic (exact) mass is 191 g/mol. The first-order valence-corrected chi connectivity index (χ1v) is 4.17. The molecule has 4 nitrogen and oxygen atoms in total. The van der Waals surface area contributed by atoms with Crippen LogP contribution in [0.5, 0.6) is 0 Å². The van der Waals surface area contributed by atoms with Crippen LogP contribution in [0, 0.1) is 0 Å². The van der Waals surface area contributed by atoms with Crippen molar-refractivity contribution in [3.05, 3.63) is 48.7 Å². The maximum absolute atomic E-state index is 11.0. The van der Waals surface area contributed by atoms with Crippen LogP contribution in [0.1, 0.15) is 11.8 Å². The first-order valence-electron chi connectivity index (χ1n) is 4.17. The Kier molecular flexibility index (Phi) is 2.10. The van der Waals surface area contributed by atoms with E-state index in [-0.39, 0.29) is 0 Å². The van der Waals surface area contributed by atoms with E-state index in [4.69, 9.17) is 9.52 Å². The van der Waals surface area contributed by atoms with Gasteiger partial charge in [-0.2, -0.15) is 0 Å². The van der Waals surface area contributed by atoms with Crippen LogP contribution in [-0.4, -0.2) is 15.6 Å². The van der Waals surface area contributed by atoms with Gasteiger partial charge in [0.05, 0.1) is 6.26 Å². The second kappa shape index (κ2) is 3.41. The molecule has 0 saturated carbocycles. The number of furan rings is 1. The Morgan fingerprint density at radius 3 is 2.57 bits per heavy atom. The summed E-state index contributed by atoms with van der Waals surface area (Å²) in [4.78, 5) is 11.0. The fourth-order valence-corrected chi connectivity index (χ4v) is 1.36. The number of hydrogen-bond acceptors (Lipinski definition) is 2. The van der Waals surface area contributed by atoms with Crippen LogP contribution in [0.25, 0.3) is 0 Å². The molecule has 0 aromatic carbocycles. The molecule has 1 unspecified atom stereocenters. The van der Waals surface area contributed by atoms with Crippen molar-refractivity contribution in [3.63, 3.8) is 0 Å². The van der Waals surface area contributed by atoms with E-state index in [1.807, 2.05) is 0 Å². The number of hydrogen-bond donors (Lipinski definition) is 1. The number of carbonyl (C=O) groups is 1. The number of aliphatic carboxylic acids is 1. The normalized spacial score (nSPS) is 12.6. The highest BCUT2D eigenvalue weighted by Gasteiger charge is 2.23. The topological polar surface area (TPSA) is 55.4 Å². The zero-order valence-corrected chi connectivity index (χ0v) is 7.33. The summed E-state index contributed by atoms with van der Waals surface area (Å²) in [5.41, 5.74) is 0. The zero-order valence-electron chi connectivity index (χ0n) is 7.33. The average molecular weight is 191 g/mol. The number of rotatable bonds is 3. The lowest BCUT2D eigenvalue weighted by atomic mass is 10.2. The molecule has 0 aliphatic heterocycles. The molecule has 2 aromatic heterocycles. The van der Waals surface area contributed by atoms with Crippen LogP contribution < -0.4 is 0 Å². The Morgan fingerprint density at radius 2 is 2.07 bits per heavy atom. The van der Waals surface area contributed by atoms with E-state index in [9.17, 15) is 4.79 Å². The van der Waals surface area contributed by atoms with Crippen LogP contribution in [0.15, 0.2) is 47.3 Å². The van der Waals surface area contributed by atoms with Gasteiger partial charge in [0.25, 0.3) is 0 Å². The number of carboxylic acid groups (broad SMARTS) is 1. The van der Waals surface area contributed by atoms with E-state index in [1.54, 1.807) is 41.2 Å². The quantitative estimate of drug-likeness (QED) is 0.804. The molecule has 0 saturated heterocycles. The van der Waals surface area contributed by atoms with Gasteiger partial charge >= 0.3 is 5.97 Å². The molecule has 0 amide bonds. The molecule has 14 heavy (non-hydrogen) atoms. The molecule has 0 aliphatic rings. The second-order valence-electron chi connectivity index (χ2n) is 2.89. The van der Waals surface area contributed by atoms with Gasteiger partial charge in [-0.3, -0.25) is 0 Å². The Labute approximate surface area is 80.4 Å². The van der Waals surface area contributed by atoms with Gasteiger partial charge in [0.2, 0.25) is 0 Å². The van der Waals surface area contributed by atoms with Crippen LogP contribution in [0.2, 0.25) is 0 Å². The number of aromatic nitrogens is 1. The molecular weight excluding hydrogens is 182 g/mol. The molecule has 4 heteroatoms. The fraction of sp³-hybridized carbons (Fsp3) is 0.100. The first kappa shape index (κ1) is 8.62. The maximum atomic E-state index is 11.0. The molecule has 0 radical (unpaired) electrons. The largest absolute Gasteiger partial charge is 0.479 e. The van der Waals surface area contributed by atoms with Crippen LogP contribution in [0.4, 0.5) is 0 Å². The van der Waals surface area contributed by atoms with Gasteiger partial charge < -0.3 is 14.1 Å². The van der Waals surface area contributed by atoms with Crippen molar-refractivity contribution >= 4 is 5.97 Å². The molecule has 0 fully saturated rings. The maximum Gasteiger partial charge on any atom is 0.334 e. The van der Waals surface area contributed by atoms with Crippen molar-refractivity contribution in [2.45, 2.75) is 6.04 Å². The van der Waals surface area contributed by atoms with Crippen molar-refractivity contribution in [1.29, 1.82) is 0 Å².